The van der Waals surface area contributed by atoms with Crippen molar-refractivity contribution in [2.45, 2.75) is 4.90 Å². The van der Waals surface area contributed by atoms with Gasteiger partial charge in [0, 0.05) is 11.6 Å². The first-order valence-corrected chi connectivity index (χ1v) is 9.75. The Morgan fingerprint density at radius 1 is 1.11 bits per heavy atom. The van der Waals surface area contributed by atoms with Crippen molar-refractivity contribution in [1.82, 2.24) is 9.71 Å². The average molecular weight is 400 g/mol. The lowest BCUT2D eigenvalue weighted by Crippen LogP contribution is -2.24. The number of aromatic nitrogens is 1. The van der Waals surface area contributed by atoms with Crippen LogP contribution in [-0.4, -0.2) is 33.7 Å². The van der Waals surface area contributed by atoms with Crippen LogP contribution in [0.5, 0.6) is 11.5 Å². The topological polar surface area (TPSA) is 77.5 Å². The average Bonchev–Trinajstić information content (AvgIpc) is 2.70. The van der Waals surface area contributed by atoms with Crippen LogP contribution in [-0.2, 0) is 10.0 Å². The van der Waals surface area contributed by atoms with E-state index in [-0.39, 0.29) is 23.8 Å². The highest BCUT2D eigenvalue weighted by Gasteiger charge is 2.15. The number of hydrogen-bond donors (Lipinski definition) is 1. The lowest BCUT2D eigenvalue weighted by Gasteiger charge is -2.06. The molecule has 0 aliphatic heterocycles. The Balaban J connectivity index is 1.57. The Hall–Kier alpha value is -3.15. The van der Waals surface area contributed by atoms with Gasteiger partial charge in [-0.15, -0.1) is 0 Å². The number of nitrogens with zero attached hydrogens (tertiary/aromatic N) is 1. The molecule has 0 bridgehead atoms. The molecule has 0 unspecified atom stereocenters. The van der Waals surface area contributed by atoms with E-state index in [1.807, 2.05) is 24.3 Å². The molecular formula is C20H17FN2O4S. The van der Waals surface area contributed by atoms with Crippen molar-refractivity contribution in [1.29, 1.82) is 0 Å². The molecule has 0 saturated carbocycles. The molecule has 0 fully saturated rings. The summed E-state index contributed by atoms with van der Waals surface area (Å²) in [7, 11) is -2.57. The second kappa shape index (κ2) is 8.69. The summed E-state index contributed by atoms with van der Waals surface area (Å²) in [6, 6.07) is 12.7. The number of rotatable bonds is 6. The molecule has 1 heterocycles. The lowest BCUT2D eigenvalue weighted by molar-refractivity contribution is 0.374. The zero-order valence-electron chi connectivity index (χ0n) is 15.0. The Morgan fingerprint density at radius 3 is 2.71 bits per heavy atom. The fourth-order valence-corrected chi connectivity index (χ4v) is 3.38. The number of fused-ring (bicyclic) bond motifs is 1. The highest BCUT2D eigenvalue weighted by Crippen LogP contribution is 2.22. The molecule has 0 spiro atoms. The number of pyridine rings is 1. The van der Waals surface area contributed by atoms with E-state index in [0.717, 1.165) is 17.0 Å². The third kappa shape index (κ3) is 4.57. The van der Waals surface area contributed by atoms with E-state index in [1.54, 1.807) is 12.3 Å². The minimum atomic E-state index is -3.87. The number of para-hydroxylation sites is 1. The highest BCUT2D eigenvalue weighted by atomic mass is 32.2. The quantitative estimate of drug-likeness (QED) is 0.644. The van der Waals surface area contributed by atoms with Crippen molar-refractivity contribution in [3.63, 3.8) is 0 Å². The molecule has 0 aliphatic carbocycles. The summed E-state index contributed by atoms with van der Waals surface area (Å²) < 4.78 is 50.7. The largest absolute Gasteiger partial charge is 0.494 e. The summed E-state index contributed by atoms with van der Waals surface area (Å²) in [4.78, 5) is 4.07. The van der Waals surface area contributed by atoms with Crippen LogP contribution < -0.4 is 14.2 Å². The molecule has 2 aromatic carbocycles. The molecule has 8 heteroatoms. The minimum absolute atomic E-state index is 0.0289. The number of benzene rings is 2. The van der Waals surface area contributed by atoms with Crippen molar-refractivity contribution in [3.05, 3.63) is 60.5 Å². The van der Waals surface area contributed by atoms with Crippen LogP contribution in [0.1, 0.15) is 0 Å². The number of nitrogens with one attached hydrogen (secondary N) is 1. The number of sulfonamides is 1. The van der Waals surface area contributed by atoms with Gasteiger partial charge >= 0.3 is 0 Å². The van der Waals surface area contributed by atoms with Gasteiger partial charge in [-0.1, -0.05) is 30.0 Å². The molecule has 144 valence electrons. The molecule has 0 radical (unpaired) electrons. The van der Waals surface area contributed by atoms with Crippen LogP contribution >= 0.6 is 0 Å². The molecule has 3 rings (SSSR count). The third-order valence-corrected chi connectivity index (χ3v) is 5.20. The van der Waals surface area contributed by atoms with Gasteiger partial charge in [-0.2, -0.15) is 4.72 Å². The van der Waals surface area contributed by atoms with E-state index in [9.17, 15) is 12.8 Å². The smallest absolute Gasteiger partial charge is 0.241 e. The van der Waals surface area contributed by atoms with E-state index < -0.39 is 15.8 Å². The number of halogens is 1. The summed E-state index contributed by atoms with van der Waals surface area (Å²) in [6.07, 6.45) is 1.68. The maximum absolute atomic E-state index is 13.7. The van der Waals surface area contributed by atoms with Gasteiger partial charge in [0.05, 0.1) is 18.6 Å². The van der Waals surface area contributed by atoms with Gasteiger partial charge in [-0.3, -0.25) is 4.98 Å². The van der Waals surface area contributed by atoms with E-state index in [2.05, 4.69) is 21.5 Å². The predicted octanol–water partition coefficient (Wildman–Crippen LogP) is 2.74. The Labute approximate surface area is 162 Å². The van der Waals surface area contributed by atoms with Gasteiger partial charge in [0.15, 0.2) is 11.6 Å². The van der Waals surface area contributed by atoms with Crippen LogP contribution in [0, 0.1) is 17.7 Å². The number of methoxy groups -OCH3 is 1. The maximum atomic E-state index is 13.7. The fraction of sp³-hybridized carbons (Fsp3) is 0.150. The van der Waals surface area contributed by atoms with Crippen LogP contribution in [0.25, 0.3) is 10.9 Å². The Kier molecular flexibility index (Phi) is 6.09. The second-order valence-corrected chi connectivity index (χ2v) is 7.36. The summed E-state index contributed by atoms with van der Waals surface area (Å²) in [5, 5.41) is 0.951. The maximum Gasteiger partial charge on any atom is 0.241 e. The molecular weight excluding hydrogens is 383 g/mol. The monoisotopic (exact) mass is 400 g/mol. The zero-order valence-corrected chi connectivity index (χ0v) is 15.8. The van der Waals surface area contributed by atoms with Crippen molar-refractivity contribution in [2.24, 2.45) is 0 Å². The Bertz CT molecular complexity index is 1150. The molecule has 0 atom stereocenters. The van der Waals surface area contributed by atoms with Gasteiger partial charge in [-0.05, 0) is 30.3 Å². The lowest BCUT2D eigenvalue weighted by atomic mass is 10.2. The predicted molar refractivity (Wildman–Crippen MR) is 103 cm³/mol. The van der Waals surface area contributed by atoms with Crippen LogP contribution in [0.3, 0.4) is 0 Å². The van der Waals surface area contributed by atoms with Crippen LogP contribution in [0.15, 0.2) is 59.6 Å². The highest BCUT2D eigenvalue weighted by molar-refractivity contribution is 7.89. The fourth-order valence-electron chi connectivity index (χ4n) is 2.45. The molecule has 0 aliphatic rings. The van der Waals surface area contributed by atoms with Gasteiger partial charge in [0.1, 0.15) is 17.9 Å². The molecule has 1 aromatic heterocycles. The van der Waals surface area contributed by atoms with E-state index in [1.165, 1.54) is 19.2 Å². The SMILES string of the molecule is COc1ccc(S(=O)(=O)NCC#CCOc2cccc3cccnc23)cc1F. The molecule has 28 heavy (non-hydrogen) atoms. The summed E-state index contributed by atoms with van der Waals surface area (Å²) in [5.41, 5.74) is 0.731. The summed E-state index contributed by atoms with van der Waals surface area (Å²) >= 11 is 0. The normalized spacial score (nSPS) is 10.9. The standard InChI is InChI=1S/C20H17FN2O4S/c1-26-18-10-9-16(14-17(18)21)28(24,25)23-12-2-3-13-27-19-8-4-6-15-7-5-11-22-20(15)19/h4-11,14,23H,12-13H2,1H3. The van der Waals surface area contributed by atoms with Crippen molar-refractivity contribution in [2.75, 3.05) is 20.3 Å². The van der Waals surface area contributed by atoms with E-state index in [4.69, 9.17) is 9.47 Å². The first-order chi connectivity index (χ1) is 13.5. The summed E-state index contributed by atoms with van der Waals surface area (Å²) in [5.74, 6) is 5.21. The van der Waals surface area contributed by atoms with E-state index >= 15 is 0 Å². The molecule has 0 saturated heterocycles. The summed E-state index contributed by atoms with van der Waals surface area (Å²) in [6.45, 7) is -0.0539. The van der Waals surface area contributed by atoms with Crippen LogP contribution in [0.2, 0.25) is 0 Å². The zero-order chi connectivity index (χ0) is 20.0. The van der Waals surface area contributed by atoms with Crippen molar-refractivity contribution < 1.29 is 22.3 Å². The van der Waals surface area contributed by atoms with Gasteiger partial charge < -0.3 is 9.47 Å². The van der Waals surface area contributed by atoms with Gasteiger partial charge in [0.25, 0.3) is 0 Å². The number of ether oxygens (including phenoxy) is 2. The second-order valence-electron chi connectivity index (χ2n) is 5.59. The van der Waals surface area contributed by atoms with Crippen molar-refractivity contribution >= 4 is 20.9 Å². The Morgan fingerprint density at radius 2 is 1.93 bits per heavy atom. The first kappa shape index (κ1) is 19.6. The third-order valence-electron chi connectivity index (χ3n) is 3.80. The van der Waals surface area contributed by atoms with Gasteiger partial charge in [0.2, 0.25) is 10.0 Å². The molecule has 6 nitrogen and oxygen atoms in total. The first-order valence-electron chi connectivity index (χ1n) is 8.27. The molecule has 0 amide bonds. The van der Waals surface area contributed by atoms with Gasteiger partial charge in [-0.25, -0.2) is 12.8 Å². The van der Waals surface area contributed by atoms with Crippen LogP contribution in [0.4, 0.5) is 4.39 Å². The van der Waals surface area contributed by atoms with Crippen molar-refractivity contribution in [3.8, 4) is 23.3 Å². The minimum Gasteiger partial charge on any atom is -0.494 e. The molecule has 3 aromatic rings. The van der Waals surface area contributed by atoms with E-state index in [0.29, 0.717) is 5.75 Å². The molecule has 1 N–H and O–H groups in total. The number of hydrogen-bond acceptors (Lipinski definition) is 5.